The van der Waals surface area contributed by atoms with Gasteiger partial charge in [-0.2, -0.15) is 0 Å². The number of amides is 1. The van der Waals surface area contributed by atoms with E-state index in [4.69, 9.17) is 18.6 Å². The standard InChI is InChI=1S/C19H22BrNO6/c1-10-17(18(20)11(2)27-10)19(23)21-13(9-16(22)26-5)12-6-7-14(24-3)15(8-12)25-4/h6-8,13H,9H2,1-5H3,(H,21,23). The molecule has 0 aliphatic heterocycles. The molecule has 1 amide bonds. The van der Waals surface area contributed by atoms with Gasteiger partial charge in [-0.05, 0) is 47.5 Å². The summed E-state index contributed by atoms with van der Waals surface area (Å²) in [4.78, 5) is 24.7. The Kier molecular flexibility index (Phi) is 6.90. The molecule has 0 saturated carbocycles. The molecule has 0 aliphatic carbocycles. The molecule has 7 nitrogen and oxygen atoms in total. The van der Waals surface area contributed by atoms with Crippen molar-refractivity contribution in [1.29, 1.82) is 0 Å². The highest BCUT2D eigenvalue weighted by Crippen LogP contribution is 2.32. The Labute approximate surface area is 166 Å². The van der Waals surface area contributed by atoms with E-state index in [2.05, 4.69) is 21.2 Å². The van der Waals surface area contributed by atoms with E-state index in [-0.39, 0.29) is 12.3 Å². The summed E-state index contributed by atoms with van der Waals surface area (Å²) in [5, 5.41) is 2.87. The van der Waals surface area contributed by atoms with Gasteiger partial charge >= 0.3 is 5.97 Å². The van der Waals surface area contributed by atoms with Crippen LogP contribution >= 0.6 is 15.9 Å². The second kappa shape index (κ2) is 8.94. The van der Waals surface area contributed by atoms with E-state index in [0.717, 1.165) is 0 Å². The lowest BCUT2D eigenvalue weighted by Crippen LogP contribution is -2.31. The first-order valence-corrected chi connectivity index (χ1v) is 8.96. The third kappa shape index (κ3) is 4.63. The van der Waals surface area contributed by atoms with Gasteiger partial charge in [0.15, 0.2) is 11.5 Å². The number of esters is 1. The van der Waals surface area contributed by atoms with Crippen LogP contribution in [0.15, 0.2) is 27.1 Å². The lowest BCUT2D eigenvalue weighted by atomic mass is 10.0. The topological polar surface area (TPSA) is 87.0 Å². The number of halogens is 1. The molecule has 1 aromatic heterocycles. The maximum absolute atomic E-state index is 12.8. The monoisotopic (exact) mass is 439 g/mol. The normalized spacial score (nSPS) is 11.6. The number of benzene rings is 1. The highest BCUT2D eigenvalue weighted by atomic mass is 79.9. The predicted molar refractivity (Wildman–Crippen MR) is 102 cm³/mol. The number of ether oxygens (including phenoxy) is 3. The first kappa shape index (κ1) is 20.8. The Morgan fingerprint density at radius 1 is 1.11 bits per heavy atom. The average Bonchev–Trinajstić information content (AvgIpc) is 2.92. The molecule has 2 aromatic rings. The van der Waals surface area contributed by atoms with E-state index in [9.17, 15) is 9.59 Å². The van der Waals surface area contributed by atoms with Gasteiger partial charge in [-0.25, -0.2) is 0 Å². The number of carbonyl (C=O) groups excluding carboxylic acids is 2. The number of aryl methyl sites for hydroxylation is 2. The molecule has 2 rings (SSSR count). The quantitative estimate of drug-likeness (QED) is 0.661. The molecule has 0 bridgehead atoms. The third-order valence-electron chi connectivity index (χ3n) is 4.13. The lowest BCUT2D eigenvalue weighted by molar-refractivity contribution is -0.141. The first-order valence-electron chi connectivity index (χ1n) is 8.17. The van der Waals surface area contributed by atoms with Crippen molar-refractivity contribution in [3.8, 4) is 11.5 Å². The van der Waals surface area contributed by atoms with E-state index in [1.165, 1.54) is 21.3 Å². The fraction of sp³-hybridized carbons (Fsp3) is 0.368. The molecule has 0 aliphatic rings. The smallest absolute Gasteiger partial charge is 0.307 e. The zero-order valence-corrected chi connectivity index (χ0v) is 17.4. The van der Waals surface area contributed by atoms with Gasteiger partial charge < -0.3 is 23.9 Å². The van der Waals surface area contributed by atoms with E-state index < -0.39 is 12.0 Å². The second-order valence-corrected chi connectivity index (χ2v) is 6.62. The van der Waals surface area contributed by atoms with Crippen molar-refractivity contribution >= 4 is 27.8 Å². The Bertz CT molecular complexity index is 845. The maximum Gasteiger partial charge on any atom is 0.307 e. The van der Waals surface area contributed by atoms with Crippen LogP contribution in [-0.4, -0.2) is 33.2 Å². The highest BCUT2D eigenvalue weighted by Gasteiger charge is 2.25. The summed E-state index contributed by atoms with van der Waals surface area (Å²) in [7, 11) is 4.35. The van der Waals surface area contributed by atoms with Gasteiger partial charge in [-0.15, -0.1) is 0 Å². The molecule has 0 radical (unpaired) electrons. The molecule has 1 atom stereocenters. The number of rotatable bonds is 7. The van der Waals surface area contributed by atoms with Crippen LogP contribution in [-0.2, 0) is 9.53 Å². The number of hydrogen-bond acceptors (Lipinski definition) is 6. The minimum atomic E-state index is -0.619. The van der Waals surface area contributed by atoms with Gasteiger partial charge in [0.1, 0.15) is 11.5 Å². The first-order chi connectivity index (χ1) is 12.8. The van der Waals surface area contributed by atoms with Crippen molar-refractivity contribution in [3.63, 3.8) is 0 Å². The zero-order chi connectivity index (χ0) is 20.1. The Balaban J connectivity index is 2.37. The molecule has 0 saturated heterocycles. The van der Waals surface area contributed by atoms with Crippen molar-refractivity contribution in [3.05, 3.63) is 45.3 Å². The zero-order valence-electron chi connectivity index (χ0n) is 15.8. The van der Waals surface area contributed by atoms with Crippen LogP contribution in [0.2, 0.25) is 0 Å². The Hall–Kier alpha value is -2.48. The molecular formula is C19H22BrNO6. The summed E-state index contributed by atoms with van der Waals surface area (Å²) < 4.78 is 21.4. The summed E-state index contributed by atoms with van der Waals surface area (Å²) >= 11 is 3.37. The number of hydrogen-bond donors (Lipinski definition) is 1. The van der Waals surface area contributed by atoms with Gasteiger partial charge in [0.05, 0.1) is 43.8 Å². The van der Waals surface area contributed by atoms with Crippen LogP contribution < -0.4 is 14.8 Å². The predicted octanol–water partition coefficient (Wildman–Crippen LogP) is 3.71. The third-order valence-corrected chi connectivity index (χ3v) is 5.08. The van der Waals surface area contributed by atoms with Gasteiger partial charge in [0.2, 0.25) is 0 Å². The minimum Gasteiger partial charge on any atom is -0.493 e. The summed E-state index contributed by atoms with van der Waals surface area (Å²) in [6.45, 7) is 3.46. The highest BCUT2D eigenvalue weighted by molar-refractivity contribution is 9.10. The molecule has 27 heavy (non-hydrogen) atoms. The van der Waals surface area contributed by atoms with Gasteiger partial charge in [0.25, 0.3) is 5.91 Å². The van der Waals surface area contributed by atoms with Crippen molar-refractivity contribution in [1.82, 2.24) is 5.32 Å². The Morgan fingerprint density at radius 2 is 1.78 bits per heavy atom. The van der Waals surface area contributed by atoms with Gasteiger partial charge in [-0.3, -0.25) is 9.59 Å². The van der Waals surface area contributed by atoms with E-state index in [0.29, 0.717) is 38.6 Å². The molecule has 1 aromatic carbocycles. The molecule has 0 spiro atoms. The average molecular weight is 440 g/mol. The van der Waals surface area contributed by atoms with Gasteiger partial charge in [-0.1, -0.05) is 6.07 Å². The van der Waals surface area contributed by atoms with Crippen LogP contribution in [0.1, 0.15) is 39.9 Å². The molecule has 1 N–H and O–H groups in total. The fourth-order valence-electron chi connectivity index (χ4n) is 2.72. The summed E-state index contributed by atoms with van der Waals surface area (Å²) in [6.07, 6.45) is -0.0365. The van der Waals surface area contributed by atoms with E-state index in [1.807, 2.05) is 0 Å². The second-order valence-electron chi connectivity index (χ2n) is 5.82. The Morgan fingerprint density at radius 3 is 2.30 bits per heavy atom. The van der Waals surface area contributed by atoms with Crippen molar-refractivity contribution in [2.24, 2.45) is 0 Å². The van der Waals surface area contributed by atoms with Crippen molar-refractivity contribution in [2.45, 2.75) is 26.3 Å². The molecule has 146 valence electrons. The van der Waals surface area contributed by atoms with Crippen molar-refractivity contribution < 1.29 is 28.2 Å². The lowest BCUT2D eigenvalue weighted by Gasteiger charge is -2.20. The summed E-state index contributed by atoms with van der Waals surface area (Å²) in [6, 6.07) is 4.58. The largest absolute Gasteiger partial charge is 0.493 e. The van der Waals surface area contributed by atoms with Crippen molar-refractivity contribution in [2.75, 3.05) is 21.3 Å². The number of nitrogens with one attached hydrogen (secondary N) is 1. The van der Waals surface area contributed by atoms with Crippen LogP contribution in [0.4, 0.5) is 0 Å². The SMILES string of the molecule is COC(=O)CC(NC(=O)c1c(C)oc(C)c1Br)c1ccc(OC)c(OC)c1. The molecule has 1 unspecified atom stereocenters. The summed E-state index contributed by atoms with van der Waals surface area (Å²) in [5.41, 5.74) is 1.07. The summed E-state index contributed by atoms with van der Waals surface area (Å²) in [5.74, 6) is 1.33. The van der Waals surface area contributed by atoms with E-state index >= 15 is 0 Å². The van der Waals surface area contributed by atoms with Crippen LogP contribution in [0.25, 0.3) is 0 Å². The van der Waals surface area contributed by atoms with Gasteiger partial charge in [0, 0.05) is 0 Å². The van der Waals surface area contributed by atoms with E-state index in [1.54, 1.807) is 32.0 Å². The molecular weight excluding hydrogens is 418 g/mol. The van der Waals surface area contributed by atoms with Crippen LogP contribution in [0, 0.1) is 13.8 Å². The van der Waals surface area contributed by atoms with Crippen LogP contribution in [0.5, 0.6) is 11.5 Å². The minimum absolute atomic E-state index is 0.0365. The number of carbonyl (C=O) groups is 2. The molecule has 8 heteroatoms. The fourth-order valence-corrected chi connectivity index (χ4v) is 3.26. The molecule has 1 heterocycles. The number of furan rings is 1. The number of methoxy groups -OCH3 is 3. The maximum atomic E-state index is 12.8. The molecule has 0 fully saturated rings. The van der Waals surface area contributed by atoms with Crippen LogP contribution in [0.3, 0.4) is 0 Å².